The van der Waals surface area contributed by atoms with Crippen molar-refractivity contribution in [2.75, 3.05) is 6.54 Å². The molecule has 16 heavy (non-hydrogen) atoms. The molecule has 2 heteroatoms. The zero-order valence-corrected chi connectivity index (χ0v) is 12.0. The number of hydrogen-bond acceptors (Lipinski definition) is 1. The van der Waals surface area contributed by atoms with E-state index in [1.807, 2.05) is 0 Å². The van der Waals surface area contributed by atoms with Crippen LogP contribution in [0, 0.1) is 9.49 Å². The first-order valence-corrected chi connectivity index (χ1v) is 7.33. The monoisotopic (exact) mass is 329 g/mol. The smallest absolute Gasteiger partial charge is 0.0130 e. The highest BCUT2D eigenvalue weighted by Gasteiger charge is 2.25. The Bertz CT molecular complexity index is 316. The van der Waals surface area contributed by atoms with Crippen molar-refractivity contribution in [1.82, 2.24) is 5.32 Å². The van der Waals surface area contributed by atoms with Crippen molar-refractivity contribution in [3.8, 4) is 0 Å². The van der Waals surface area contributed by atoms with Gasteiger partial charge in [0.05, 0.1) is 0 Å². The molecule has 88 valence electrons. The lowest BCUT2D eigenvalue weighted by atomic mass is 10.0. The molecular weight excluding hydrogens is 309 g/mol. The Labute approximate surface area is 112 Å². The second-order valence-electron chi connectivity index (χ2n) is 4.76. The quantitative estimate of drug-likeness (QED) is 0.786. The maximum atomic E-state index is 3.62. The minimum absolute atomic E-state index is 0.678. The molecule has 0 heterocycles. The van der Waals surface area contributed by atoms with Crippen LogP contribution in [0.25, 0.3) is 0 Å². The molecule has 0 saturated heterocycles. The van der Waals surface area contributed by atoms with Crippen LogP contribution in [0.3, 0.4) is 0 Å². The van der Waals surface area contributed by atoms with Gasteiger partial charge in [0.15, 0.2) is 0 Å². The summed E-state index contributed by atoms with van der Waals surface area (Å²) in [7, 11) is 0. The number of rotatable bonds is 6. The van der Waals surface area contributed by atoms with E-state index >= 15 is 0 Å². The van der Waals surface area contributed by atoms with Crippen LogP contribution < -0.4 is 5.32 Å². The predicted octanol–water partition coefficient (Wildman–Crippen LogP) is 3.61. The van der Waals surface area contributed by atoms with Crippen molar-refractivity contribution in [3.63, 3.8) is 0 Å². The molecule has 1 aliphatic rings. The standard InChI is InChI=1S/C14H20IN/c1-2-16-14(9-11-3-4-11)10-12-5-7-13(15)8-6-12/h5-8,11,14,16H,2-4,9-10H2,1H3. The van der Waals surface area contributed by atoms with E-state index in [1.165, 1.54) is 34.8 Å². The van der Waals surface area contributed by atoms with Crippen LogP contribution in [0.2, 0.25) is 0 Å². The fraction of sp³-hybridized carbons (Fsp3) is 0.571. The first kappa shape index (κ1) is 12.4. The van der Waals surface area contributed by atoms with Crippen LogP contribution in [0.1, 0.15) is 31.7 Å². The van der Waals surface area contributed by atoms with E-state index in [9.17, 15) is 0 Å². The molecule has 1 aromatic rings. The molecule has 2 rings (SSSR count). The van der Waals surface area contributed by atoms with Gasteiger partial charge in [0.1, 0.15) is 0 Å². The maximum absolute atomic E-state index is 3.62. The third-order valence-electron chi connectivity index (χ3n) is 3.20. The van der Waals surface area contributed by atoms with Crippen molar-refractivity contribution in [1.29, 1.82) is 0 Å². The van der Waals surface area contributed by atoms with Gasteiger partial charge in [-0.2, -0.15) is 0 Å². The zero-order chi connectivity index (χ0) is 11.4. The second-order valence-corrected chi connectivity index (χ2v) is 6.01. The lowest BCUT2D eigenvalue weighted by molar-refractivity contribution is 0.466. The molecule has 1 aromatic carbocycles. The van der Waals surface area contributed by atoms with Crippen LogP contribution in [-0.2, 0) is 6.42 Å². The van der Waals surface area contributed by atoms with Crippen LogP contribution in [-0.4, -0.2) is 12.6 Å². The van der Waals surface area contributed by atoms with Gasteiger partial charge in [0.2, 0.25) is 0 Å². The van der Waals surface area contributed by atoms with Crippen LogP contribution in [0.4, 0.5) is 0 Å². The molecule has 1 nitrogen and oxygen atoms in total. The van der Waals surface area contributed by atoms with E-state index in [0.29, 0.717) is 6.04 Å². The minimum atomic E-state index is 0.678. The third-order valence-corrected chi connectivity index (χ3v) is 3.92. The van der Waals surface area contributed by atoms with Gasteiger partial charge in [-0.05, 0) is 65.6 Å². The summed E-state index contributed by atoms with van der Waals surface area (Å²) in [6, 6.07) is 9.61. The van der Waals surface area contributed by atoms with E-state index in [2.05, 4.69) is 59.1 Å². The number of hydrogen-bond donors (Lipinski definition) is 1. The van der Waals surface area contributed by atoms with Crippen LogP contribution in [0.5, 0.6) is 0 Å². The molecule has 0 radical (unpaired) electrons. The number of likely N-dealkylation sites (N-methyl/N-ethyl adjacent to an activating group) is 1. The SMILES string of the molecule is CCNC(Cc1ccc(I)cc1)CC1CC1. The predicted molar refractivity (Wildman–Crippen MR) is 77.7 cm³/mol. The van der Waals surface area contributed by atoms with Crippen LogP contribution in [0.15, 0.2) is 24.3 Å². The molecule has 0 aromatic heterocycles. The lowest BCUT2D eigenvalue weighted by Gasteiger charge is -2.17. The fourth-order valence-electron chi connectivity index (χ4n) is 2.19. The Hall–Kier alpha value is -0.0900. The topological polar surface area (TPSA) is 12.0 Å². The Kier molecular flexibility index (Phi) is 4.65. The molecule has 1 atom stereocenters. The van der Waals surface area contributed by atoms with Gasteiger partial charge in [-0.3, -0.25) is 0 Å². The molecule has 1 unspecified atom stereocenters. The van der Waals surface area contributed by atoms with E-state index in [-0.39, 0.29) is 0 Å². The fourth-order valence-corrected chi connectivity index (χ4v) is 2.55. The lowest BCUT2D eigenvalue weighted by Crippen LogP contribution is -2.31. The first-order chi connectivity index (χ1) is 7.78. The van der Waals surface area contributed by atoms with Gasteiger partial charge in [-0.15, -0.1) is 0 Å². The van der Waals surface area contributed by atoms with Gasteiger partial charge in [-0.25, -0.2) is 0 Å². The normalized spacial score (nSPS) is 17.4. The summed E-state index contributed by atoms with van der Waals surface area (Å²) in [5, 5.41) is 3.62. The minimum Gasteiger partial charge on any atom is -0.314 e. The largest absolute Gasteiger partial charge is 0.314 e. The molecule has 1 fully saturated rings. The summed E-state index contributed by atoms with van der Waals surface area (Å²) in [6.07, 6.45) is 5.45. The zero-order valence-electron chi connectivity index (χ0n) is 9.88. The van der Waals surface area contributed by atoms with Crippen LogP contribution >= 0.6 is 22.6 Å². The van der Waals surface area contributed by atoms with Crippen molar-refractivity contribution in [2.45, 2.75) is 38.6 Å². The molecular formula is C14H20IN. The summed E-state index contributed by atoms with van der Waals surface area (Å²) in [5.41, 5.74) is 1.46. The Morgan fingerprint density at radius 1 is 1.31 bits per heavy atom. The van der Waals surface area contributed by atoms with Gasteiger partial charge in [0.25, 0.3) is 0 Å². The Balaban J connectivity index is 1.90. The highest BCUT2D eigenvalue weighted by Crippen LogP contribution is 2.34. The van der Waals surface area contributed by atoms with Gasteiger partial charge in [-0.1, -0.05) is 31.9 Å². The van der Waals surface area contributed by atoms with Crippen molar-refractivity contribution >= 4 is 22.6 Å². The van der Waals surface area contributed by atoms with Crippen molar-refractivity contribution in [3.05, 3.63) is 33.4 Å². The number of halogens is 1. The average Bonchev–Trinajstić information content (AvgIpc) is 3.06. The highest BCUT2D eigenvalue weighted by atomic mass is 127. The molecule has 0 amide bonds. The van der Waals surface area contributed by atoms with Crippen molar-refractivity contribution in [2.24, 2.45) is 5.92 Å². The van der Waals surface area contributed by atoms with Gasteiger partial charge in [0, 0.05) is 9.61 Å². The highest BCUT2D eigenvalue weighted by molar-refractivity contribution is 14.1. The number of nitrogens with one attached hydrogen (secondary N) is 1. The van der Waals surface area contributed by atoms with Crippen molar-refractivity contribution < 1.29 is 0 Å². The van der Waals surface area contributed by atoms with Gasteiger partial charge >= 0.3 is 0 Å². The van der Waals surface area contributed by atoms with E-state index in [0.717, 1.165) is 12.5 Å². The Morgan fingerprint density at radius 2 is 2.00 bits per heavy atom. The molecule has 1 aliphatic carbocycles. The van der Waals surface area contributed by atoms with E-state index in [4.69, 9.17) is 0 Å². The summed E-state index contributed by atoms with van der Waals surface area (Å²) in [6.45, 7) is 3.29. The first-order valence-electron chi connectivity index (χ1n) is 6.25. The summed E-state index contributed by atoms with van der Waals surface area (Å²) in [4.78, 5) is 0. The molecule has 1 N–H and O–H groups in total. The maximum Gasteiger partial charge on any atom is 0.0130 e. The molecule has 0 bridgehead atoms. The summed E-state index contributed by atoms with van der Waals surface area (Å²) >= 11 is 2.36. The summed E-state index contributed by atoms with van der Waals surface area (Å²) < 4.78 is 1.32. The summed E-state index contributed by atoms with van der Waals surface area (Å²) in [5.74, 6) is 1.01. The molecule has 0 aliphatic heterocycles. The molecule has 0 spiro atoms. The van der Waals surface area contributed by atoms with E-state index in [1.54, 1.807) is 0 Å². The van der Waals surface area contributed by atoms with Gasteiger partial charge < -0.3 is 5.32 Å². The Morgan fingerprint density at radius 3 is 2.56 bits per heavy atom. The van der Waals surface area contributed by atoms with E-state index < -0.39 is 0 Å². The molecule has 1 saturated carbocycles. The third kappa shape index (κ3) is 4.06. The second kappa shape index (κ2) is 6.01. The number of benzene rings is 1. The average molecular weight is 329 g/mol.